The van der Waals surface area contributed by atoms with Crippen LogP contribution in [-0.4, -0.2) is 82.3 Å². The van der Waals surface area contributed by atoms with Crippen LogP contribution in [0.15, 0.2) is 36.4 Å². The number of likely N-dealkylation sites (N-methyl/N-ethyl adjacent to an activating group) is 1. The molecule has 2 aromatic rings. The fourth-order valence-corrected chi connectivity index (χ4v) is 4.71. The summed E-state index contributed by atoms with van der Waals surface area (Å²) < 4.78 is 31.1. The lowest BCUT2D eigenvalue weighted by atomic mass is 9.79. The second-order valence-corrected chi connectivity index (χ2v) is 8.40. The summed E-state index contributed by atoms with van der Waals surface area (Å²) in [5.41, 5.74) is 1.10. The average Bonchev–Trinajstić information content (AvgIpc) is 2.86. The monoisotopic (exact) mass is 471 g/mol. The largest absolute Gasteiger partial charge is 0.493 e. The number of methoxy groups -OCH3 is 2. The van der Waals surface area contributed by atoms with E-state index in [1.54, 1.807) is 37.4 Å². The van der Waals surface area contributed by atoms with E-state index in [-0.39, 0.29) is 17.4 Å². The summed E-state index contributed by atoms with van der Waals surface area (Å²) in [6.45, 7) is 4.09. The number of rotatable bonds is 7. The van der Waals surface area contributed by atoms with E-state index in [9.17, 15) is 14.0 Å². The second-order valence-electron chi connectivity index (χ2n) is 8.40. The fraction of sp³-hybridized carbons (Fsp3) is 0.440. The van der Waals surface area contributed by atoms with Gasteiger partial charge >= 0.3 is 0 Å². The molecule has 34 heavy (non-hydrogen) atoms. The average molecular weight is 472 g/mol. The molecule has 1 saturated heterocycles. The molecule has 2 amide bonds. The van der Waals surface area contributed by atoms with E-state index in [1.807, 2.05) is 0 Å². The third-order valence-corrected chi connectivity index (χ3v) is 6.51. The third-order valence-electron chi connectivity index (χ3n) is 6.51. The van der Waals surface area contributed by atoms with Crippen LogP contribution >= 0.6 is 0 Å². The molecule has 2 aliphatic heterocycles. The van der Waals surface area contributed by atoms with E-state index in [4.69, 9.17) is 14.2 Å². The first-order chi connectivity index (χ1) is 16.5. The van der Waals surface area contributed by atoms with Crippen LogP contribution in [0.2, 0.25) is 0 Å². The van der Waals surface area contributed by atoms with E-state index < -0.39 is 17.8 Å². The smallest absolute Gasteiger partial charge is 0.254 e. The lowest BCUT2D eigenvalue weighted by Crippen LogP contribution is -2.47. The molecule has 2 heterocycles. The maximum Gasteiger partial charge on any atom is 0.254 e. The SMILES string of the molecule is COc1cc2c(cc1OC)[C@H](C(=O)NCCN1CCOCC1)[C@@H](c1ccccc1F)N(C)C2=O. The van der Waals surface area contributed by atoms with Crippen molar-refractivity contribution < 1.29 is 28.2 Å². The molecule has 0 unspecified atom stereocenters. The number of ether oxygens (including phenoxy) is 3. The van der Waals surface area contributed by atoms with Crippen LogP contribution in [0, 0.1) is 5.82 Å². The quantitative estimate of drug-likeness (QED) is 0.667. The molecule has 1 N–H and O–H groups in total. The van der Waals surface area contributed by atoms with Crippen molar-refractivity contribution in [2.75, 3.05) is 60.7 Å². The van der Waals surface area contributed by atoms with Crippen molar-refractivity contribution in [2.45, 2.75) is 12.0 Å². The van der Waals surface area contributed by atoms with Gasteiger partial charge < -0.3 is 24.4 Å². The van der Waals surface area contributed by atoms with Crippen LogP contribution in [0.3, 0.4) is 0 Å². The van der Waals surface area contributed by atoms with E-state index in [0.29, 0.717) is 48.9 Å². The minimum Gasteiger partial charge on any atom is -0.493 e. The van der Waals surface area contributed by atoms with Crippen molar-refractivity contribution in [1.29, 1.82) is 0 Å². The number of morpholine rings is 1. The van der Waals surface area contributed by atoms with Crippen LogP contribution in [-0.2, 0) is 9.53 Å². The van der Waals surface area contributed by atoms with Crippen molar-refractivity contribution in [3.8, 4) is 11.5 Å². The Bertz CT molecular complexity index is 1060. The van der Waals surface area contributed by atoms with Gasteiger partial charge in [0.2, 0.25) is 5.91 Å². The van der Waals surface area contributed by atoms with Crippen molar-refractivity contribution >= 4 is 11.8 Å². The van der Waals surface area contributed by atoms with Gasteiger partial charge in [-0.15, -0.1) is 0 Å². The van der Waals surface area contributed by atoms with Gasteiger partial charge in [0.05, 0.1) is 39.4 Å². The Labute approximate surface area is 198 Å². The summed E-state index contributed by atoms with van der Waals surface area (Å²) in [6, 6.07) is 8.66. The summed E-state index contributed by atoms with van der Waals surface area (Å²) >= 11 is 0. The highest BCUT2D eigenvalue weighted by molar-refractivity contribution is 6.02. The number of halogens is 1. The molecule has 2 atom stereocenters. The molecule has 8 nitrogen and oxygen atoms in total. The highest BCUT2D eigenvalue weighted by Crippen LogP contribution is 2.46. The highest BCUT2D eigenvalue weighted by atomic mass is 19.1. The summed E-state index contributed by atoms with van der Waals surface area (Å²) in [6.07, 6.45) is 0. The normalized spacial score (nSPS) is 20.6. The van der Waals surface area contributed by atoms with Gasteiger partial charge in [-0.05, 0) is 23.8 Å². The zero-order chi connectivity index (χ0) is 24.2. The predicted molar refractivity (Wildman–Crippen MR) is 124 cm³/mol. The lowest BCUT2D eigenvalue weighted by molar-refractivity contribution is -0.124. The van der Waals surface area contributed by atoms with Gasteiger partial charge in [-0.3, -0.25) is 14.5 Å². The number of hydrogen-bond acceptors (Lipinski definition) is 6. The first kappa shape index (κ1) is 24.0. The molecular formula is C25H30FN3O5. The number of benzene rings is 2. The molecular weight excluding hydrogens is 441 g/mol. The van der Waals surface area contributed by atoms with Crippen molar-refractivity contribution in [1.82, 2.24) is 15.1 Å². The zero-order valence-electron chi connectivity index (χ0n) is 19.7. The Balaban J connectivity index is 1.72. The van der Waals surface area contributed by atoms with Crippen molar-refractivity contribution in [2.24, 2.45) is 0 Å². The first-order valence-electron chi connectivity index (χ1n) is 11.3. The number of amides is 2. The zero-order valence-corrected chi connectivity index (χ0v) is 19.7. The number of carbonyl (C=O) groups excluding carboxylic acids is 2. The predicted octanol–water partition coefficient (Wildman–Crippen LogP) is 2.20. The topological polar surface area (TPSA) is 80.3 Å². The van der Waals surface area contributed by atoms with Crippen LogP contribution in [0.4, 0.5) is 4.39 Å². The summed E-state index contributed by atoms with van der Waals surface area (Å²) in [4.78, 5) is 30.6. The molecule has 1 fully saturated rings. The maximum absolute atomic E-state index is 14.9. The Morgan fingerprint density at radius 1 is 1.12 bits per heavy atom. The molecule has 0 spiro atoms. The number of hydrogen-bond donors (Lipinski definition) is 1. The van der Waals surface area contributed by atoms with E-state index in [0.717, 1.165) is 13.1 Å². The van der Waals surface area contributed by atoms with Crippen LogP contribution in [0.1, 0.15) is 33.4 Å². The Kier molecular flexibility index (Phi) is 7.33. The van der Waals surface area contributed by atoms with E-state index in [1.165, 1.54) is 25.2 Å². The van der Waals surface area contributed by atoms with Gasteiger partial charge in [-0.25, -0.2) is 4.39 Å². The molecule has 0 radical (unpaired) electrons. The van der Waals surface area contributed by atoms with E-state index in [2.05, 4.69) is 10.2 Å². The van der Waals surface area contributed by atoms with Gasteiger partial charge in [-0.2, -0.15) is 0 Å². The molecule has 182 valence electrons. The summed E-state index contributed by atoms with van der Waals surface area (Å²) in [5.74, 6) is -1.12. The maximum atomic E-state index is 14.9. The van der Waals surface area contributed by atoms with Gasteiger partial charge in [0.1, 0.15) is 5.82 Å². The molecule has 0 aliphatic carbocycles. The number of fused-ring (bicyclic) bond motifs is 1. The Hall–Kier alpha value is -3.17. The van der Waals surface area contributed by atoms with Gasteiger partial charge in [0.15, 0.2) is 11.5 Å². The van der Waals surface area contributed by atoms with Crippen LogP contribution < -0.4 is 14.8 Å². The fourth-order valence-electron chi connectivity index (χ4n) is 4.71. The number of nitrogens with zero attached hydrogens (tertiary/aromatic N) is 2. The van der Waals surface area contributed by atoms with Crippen molar-refractivity contribution in [3.05, 3.63) is 58.9 Å². The second kappa shape index (κ2) is 10.4. The molecule has 9 heteroatoms. The summed E-state index contributed by atoms with van der Waals surface area (Å²) in [7, 11) is 4.57. The first-order valence-corrected chi connectivity index (χ1v) is 11.3. The minimum atomic E-state index is -0.834. The van der Waals surface area contributed by atoms with Crippen molar-refractivity contribution in [3.63, 3.8) is 0 Å². The Morgan fingerprint density at radius 2 is 1.79 bits per heavy atom. The van der Waals surface area contributed by atoms with Crippen LogP contribution in [0.5, 0.6) is 11.5 Å². The third kappa shape index (κ3) is 4.58. The number of nitrogens with one attached hydrogen (secondary N) is 1. The molecule has 4 rings (SSSR count). The molecule has 0 aromatic heterocycles. The van der Waals surface area contributed by atoms with Crippen LogP contribution in [0.25, 0.3) is 0 Å². The molecule has 2 aromatic carbocycles. The highest BCUT2D eigenvalue weighted by Gasteiger charge is 2.44. The molecule has 0 bridgehead atoms. The minimum absolute atomic E-state index is 0.283. The van der Waals surface area contributed by atoms with Gasteiger partial charge in [-0.1, -0.05) is 18.2 Å². The lowest BCUT2D eigenvalue weighted by Gasteiger charge is -2.40. The molecule has 2 aliphatic rings. The summed E-state index contributed by atoms with van der Waals surface area (Å²) in [5, 5.41) is 3.01. The standard InChI is InChI=1S/C25H30FN3O5/c1-28-23(16-6-4-5-7-19(16)26)22(24(30)27-8-9-29-10-12-34-13-11-29)17-14-20(32-2)21(33-3)15-18(17)25(28)31/h4-7,14-15,22-23H,8-13H2,1-3H3,(H,27,30)/t22-,23+/m0/s1. The van der Waals surface area contributed by atoms with Gasteiger partial charge in [0.25, 0.3) is 5.91 Å². The Morgan fingerprint density at radius 3 is 2.47 bits per heavy atom. The number of carbonyl (C=O) groups is 2. The van der Waals surface area contributed by atoms with Gasteiger partial charge in [0, 0.05) is 44.4 Å². The molecule has 0 saturated carbocycles. The van der Waals surface area contributed by atoms with E-state index >= 15 is 0 Å².